The van der Waals surface area contributed by atoms with Crippen LogP contribution in [0.25, 0.3) is 0 Å². The summed E-state index contributed by atoms with van der Waals surface area (Å²) in [4.78, 5) is 34.9. The van der Waals surface area contributed by atoms with Gasteiger partial charge in [0.25, 0.3) is 0 Å². The van der Waals surface area contributed by atoms with Crippen molar-refractivity contribution in [3.63, 3.8) is 0 Å². The summed E-state index contributed by atoms with van der Waals surface area (Å²) < 4.78 is 46.6. The first-order valence-corrected chi connectivity index (χ1v) is 25.9. The van der Waals surface area contributed by atoms with Crippen LogP contribution in [0.5, 0.6) is 0 Å². The largest absolute Gasteiger partial charge is 0.479 e. The normalized spacial score (nSPS) is 31.2. The van der Waals surface area contributed by atoms with Crippen molar-refractivity contribution in [3.8, 4) is 0 Å². The van der Waals surface area contributed by atoms with Gasteiger partial charge in [-0.05, 0) is 44.4 Å². The maximum atomic E-state index is 12.3. The quantitative estimate of drug-likeness (QED) is 0.0321. The van der Waals surface area contributed by atoms with Crippen LogP contribution in [0.3, 0.4) is 0 Å². The number of aliphatic carboxylic acids is 1. The smallest absolute Gasteiger partial charge is 0.332 e. The summed E-state index contributed by atoms with van der Waals surface area (Å²) in [5.74, 6) is -2.54. The van der Waals surface area contributed by atoms with Gasteiger partial charge in [-0.1, -0.05) is 111 Å². The molecule has 3 aliphatic heterocycles. The number of carbonyl (C=O) groups is 3. The Labute approximate surface area is 413 Å². The van der Waals surface area contributed by atoms with E-state index in [4.69, 9.17) is 43.0 Å². The molecule has 3 heterocycles. The molecule has 0 aromatic carbocycles. The third kappa shape index (κ3) is 22.1. The number of aliphatic hydroxyl groups excluding tert-OH is 9. The minimum absolute atomic E-state index is 0.0270. The molecule has 70 heavy (non-hydrogen) atoms. The van der Waals surface area contributed by atoms with Crippen molar-refractivity contribution >= 4 is 17.9 Å². The van der Waals surface area contributed by atoms with Crippen LogP contribution < -0.4 is 0 Å². The lowest BCUT2D eigenvalue weighted by Crippen LogP contribution is -2.65. The van der Waals surface area contributed by atoms with Gasteiger partial charge >= 0.3 is 17.9 Å². The molecule has 3 unspecified atom stereocenters. The summed E-state index contributed by atoms with van der Waals surface area (Å²) in [5.41, 5.74) is 0. The highest BCUT2D eigenvalue weighted by molar-refractivity contribution is 5.71. The fourth-order valence-electron chi connectivity index (χ4n) is 8.83. The molecule has 3 saturated heterocycles. The average molecular weight is 1010 g/mol. The van der Waals surface area contributed by atoms with Crippen molar-refractivity contribution < 1.29 is 103 Å². The number of rotatable bonds is 35. The van der Waals surface area contributed by atoms with Crippen molar-refractivity contribution in [3.05, 3.63) is 0 Å². The minimum atomic E-state index is -1.91. The van der Waals surface area contributed by atoms with E-state index in [9.17, 15) is 60.3 Å². The molecule has 0 amide bonds. The number of carboxylic acid groups (broad SMARTS) is 1. The number of ether oxygens (including phenoxy) is 8. The summed E-state index contributed by atoms with van der Waals surface area (Å²) >= 11 is 0. The minimum Gasteiger partial charge on any atom is -0.479 e. The molecule has 21 heteroatoms. The highest BCUT2D eigenvalue weighted by Gasteiger charge is 2.52. The number of aliphatic hydroxyl groups is 9. The molecular weight excluding hydrogens is 925 g/mol. The van der Waals surface area contributed by atoms with Gasteiger partial charge in [-0.15, -0.1) is 0 Å². The van der Waals surface area contributed by atoms with Crippen LogP contribution in [-0.2, 0) is 52.3 Å². The van der Waals surface area contributed by atoms with E-state index in [0.717, 1.165) is 96.8 Å². The fraction of sp³-hybridized carbons (Fsp3) is 0.939. The van der Waals surface area contributed by atoms with E-state index in [1.165, 1.54) is 0 Å². The van der Waals surface area contributed by atoms with Crippen LogP contribution in [0.15, 0.2) is 0 Å². The van der Waals surface area contributed by atoms with Crippen LogP contribution >= 0.6 is 0 Å². The van der Waals surface area contributed by atoms with Crippen LogP contribution in [0, 0.1) is 5.92 Å². The third-order valence-electron chi connectivity index (χ3n) is 13.1. The van der Waals surface area contributed by atoms with Crippen molar-refractivity contribution in [1.82, 2.24) is 0 Å². The third-order valence-corrected chi connectivity index (χ3v) is 13.1. The molecule has 3 aliphatic rings. The zero-order chi connectivity index (χ0) is 51.8. The second-order valence-electron chi connectivity index (χ2n) is 19.7. The Morgan fingerprint density at radius 2 is 1.13 bits per heavy atom. The van der Waals surface area contributed by atoms with Gasteiger partial charge in [-0.2, -0.15) is 0 Å². The second kappa shape index (κ2) is 33.6. The zero-order valence-corrected chi connectivity index (χ0v) is 41.8. The Bertz CT molecular complexity index is 1440. The van der Waals surface area contributed by atoms with Gasteiger partial charge < -0.3 is 89.0 Å². The Morgan fingerprint density at radius 3 is 1.70 bits per heavy atom. The summed E-state index contributed by atoms with van der Waals surface area (Å²) in [5, 5.41) is 105. The molecule has 10 N–H and O–H groups in total. The molecule has 0 radical (unpaired) electrons. The SMILES string of the molecule is CCCCC(CCC[C@H](O)C(O)CCCCCCCCCCCCCC[C@@H](O)C(=O)O)OC1OC[C@H](O)[C@@H](O)[C@@H]1O[C@H]1OC[C@H](OC(C)=O)[C@@H](O)[C@@H]1O[C@H]1O[C@@H](COC(=O)CC(C)C)[C@H](O)[C@@H](O)[C@@H]1O. The lowest BCUT2D eigenvalue weighted by Gasteiger charge is -2.46. The van der Waals surface area contributed by atoms with E-state index in [1.807, 2.05) is 20.8 Å². The predicted octanol–water partition coefficient (Wildman–Crippen LogP) is 2.26. The summed E-state index contributed by atoms with van der Waals surface area (Å²) in [6.45, 7) is 5.49. The molecule has 0 spiro atoms. The first-order chi connectivity index (χ1) is 33.3. The number of carbonyl (C=O) groups excluding carboxylic acids is 2. The molecule has 0 aromatic rings. The lowest BCUT2D eigenvalue weighted by molar-refractivity contribution is -0.380. The van der Waals surface area contributed by atoms with Crippen molar-refractivity contribution in [2.45, 2.75) is 267 Å². The summed E-state index contributed by atoms with van der Waals surface area (Å²) in [6.07, 6.45) is -7.89. The van der Waals surface area contributed by atoms with Gasteiger partial charge in [-0.25, -0.2) is 4.79 Å². The number of esters is 2. The Balaban J connectivity index is 1.53. The standard InChI is InChI=1S/C49H88O21/c1-5-6-20-31(21-19-24-33(52)32(51)22-17-15-13-11-9-7-8-10-12-14-16-18-23-34(53)46(61)62)67-48-44(39(56)35(54)26-64-48)70-49-45(41(58)37(28-65-49)66-30(4)50)69-47-43(60)42(59)40(57)36(68-47)27-63-38(55)25-29(2)3/h29,31-37,39-45,47-49,51-54,56-60H,5-28H2,1-4H3,(H,61,62)/t31?,32?,33-,34+,35-,36-,37-,39+,40-,41+,42+,43-,44-,45-,47+,48?,49+/m0/s1. The molecule has 410 valence electrons. The predicted molar refractivity (Wildman–Crippen MR) is 248 cm³/mol. The highest BCUT2D eigenvalue weighted by Crippen LogP contribution is 2.33. The number of unbranched alkanes of at least 4 members (excludes halogenated alkanes) is 12. The van der Waals surface area contributed by atoms with Crippen LogP contribution in [0.4, 0.5) is 0 Å². The van der Waals surface area contributed by atoms with Crippen LogP contribution in [-0.4, -0.2) is 193 Å². The topological polar surface area (TPSA) is 327 Å². The first-order valence-electron chi connectivity index (χ1n) is 25.9. The number of hydrogen-bond donors (Lipinski definition) is 10. The molecule has 21 nitrogen and oxygen atoms in total. The average Bonchev–Trinajstić information content (AvgIpc) is 3.31. The number of carboxylic acids is 1. The Kier molecular flexibility index (Phi) is 29.8. The fourth-order valence-corrected chi connectivity index (χ4v) is 8.83. The van der Waals surface area contributed by atoms with Gasteiger partial charge in [0.2, 0.25) is 0 Å². The van der Waals surface area contributed by atoms with E-state index >= 15 is 0 Å². The number of hydrogen-bond acceptors (Lipinski definition) is 20. The van der Waals surface area contributed by atoms with Gasteiger partial charge in [0, 0.05) is 13.3 Å². The van der Waals surface area contributed by atoms with Crippen molar-refractivity contribution in [2.75, 3.05) is 19.8 Å². The monoisotopic (exact) mass is 1010 g/mol. The van der Waals surface area contributed by atoms with Gasteiger partial charge in [-0.3, -0.25) is 9.59 Å². The van der Waals surface area contributed by atoms with Crippen molar-refractivity contribution in [2.24, 2.45) is 5.92 Å². The van der Waals surface area contributed by atoms with Crippen molar-refractivity contribution in [1.29, 1.82) is 0 Å². The van der Waals surface area contributed by atoms with E-state index in [-0.39, 0.29) is 18.9 Å². The lowest BCUT2D eigenvalue weighted by atomic mass is 9.98. The maximum absolute atomic E-state index is 12.3. The van der Waals surface area contributed by atoms with E-state index in [0.29, 0.717) is 38.5 Å². The van der Waals surface area contributed by atoms with Crippen LogP contribution in [0.1, 0.15) is 163 Å². The Hall–Kier alpha value is -2.19. The molecular formula is C49H88O21. The van der Waals surface area contributed by atoms with E-state index in [1.54, 1.807) is 0 Å². The van der Waals surface area contributed by atoms with Gasteiger partial charge in [0.1, 0.15) is 61.5 Å². The second-order valence-corrected chi connectivity index (χ2v) is 19.7. The van der Waals surface area contributed by atoms with E-state index in [2.05, 4.69) is 0 Å². The summed E-state index contributed by atoms with van der Waals surface area (Å²) in [7, 11) is 0. The molecule has 0 bridgehead atoms. The van der Waals surface area contributed by atoms with Gasteiger partial charge in [0.05, 0.1) is 31.5 Å². The molecule has 0 saturated carbocycles. The molecule has 0 aliphatic carbocycles. The molecule has 3 rings (SSSR count). The van der Waals surface area contributed by atoms with E-state index < -0.39 is 135 Å². The van der Waals surface area contributed by atoms with Gasteiger partial charge in [0.15, 0.2) is 31.1 Å². The van der Waals surface area contributed by atoms with Crippen LogP contribution in [0.2, 0.25) is 0 Å². The molecule has 3 fully saturated rings. The summed E-state index contributed by atoms with van der Waals surface area (Å²) in [6, 6.07) is 0. The molecule has 17 atom stereocenters. The maximum Gasteiger partial charge on any atom is 0.332 e. The zero-order valence-electron chi connectivity index (χ0n) is 41.8. The molecule has 0 aromatic heterocycles. The Morgan fingerprint density at radius 1 is 0.600 bits per heavy atom. The highest BCUT2D eigenvalue weighted by atomic mass is 16.8. The first kappa shape index (κ1) is 62.1.